The number of aryl methyl sites for hydroxylation is 1. The normalized spacial score (nSPS) is 20.0. The third-order valence-electron chi connectivity index (χ3n) is 7.57. The summed E-state index contributed by atoms with van der Waals surface area (Å²) in [6.45, 7) is 1.91. The summed E-state index contributed by atoms with van der Waals surface area (Å²) in [4.78, 5) is 24.3. The molecule has 3 aromatic rings. The summed E-state index contributed by atoms with van der Waals surface area (Å²) >= 11 is 0. The second-order valence-electron chi connectivity index (χ2n) is 10.2. The maximum absolute atomic E-state index is 12.2. The van der Waals surface area contributed by atoms with Gasteiger partial charge in [-0.2, -0.15) is 0 Å². The number of amides is 1. The van der Waals surface area contributed by atoms with Gasteiger partial charge in [-0.3, -0.25) is 9.78 Å². The number of aromatic nitrogens is 2. The molecule has 1 aliphatic heterocycles. The minimum atomic E-state index is 0. The number of carbonyl (C=O) groups excluding carboxylic acids is 1. The Morgan fingerprint density at radius 2 is 1.80 bits per heavy atom. The van der Waals surface area contributed by atoms with Crippen LogP contribution in [0.15, 0.2) is 36.5 Å². The van der Waals surface area contributed by atoms with E-state index in [4.69, 9.17) is 10.7 Å². The van der Waals surface area contributed by atoms with Crippen LogP contribution in [0.2, 0.25) is 0 Å². The highest BCUT2D eigenvalue weighted by molar-refractivity contribution is 5.98. The first-order valence-electron chi connectivity index (χ1n) is 12.9. The molecule has 3 heterocycles. The second kappa shape index (κ2) is 10.1. The molecular formula is C28H34ClN5O. The van der Waals surface area contributed by atoms with E-state index in [0.717, 1.165) is 61.8 Å². The van der Waals surface area contributed by atoms with Crippen molar-refractivity contribution in [1.29, 1.82) is 0 Å². The molecule has 1 saturated carbocycles. The molecular weight excluding hydrogens is 458 g/mol. The maximum atomic E-state index is 12.2. The van der Waals surface area contributed by atoms with Gasteiger partial charge < -0.3 is 16.0 Å². The number of carbonyl (C=O) groups is 1. The molecule has 1 aromatic carbocycles. The van der Waals surface area contributed by atoms with Crippen molar-refractivity contribution in [3.8, 4) is 11.1 Å². The van der Waals surface area contributed by atoms with Crippen LogP contribution >= 0.6 is 12.4 Å². The Bertz CT molecular complexity index is 1240. The zero-order valence-corrected chi connectivity index (χ0v) is 20.9. The van der Waals surface area contributed by atoms with Crippen LogP contribution in [-0.4, -0.2) is 35.0 Å². The largest absolute Gasteiger partial charge is 0.369 e. The van der Waals surface area contributed by atoms with E-state index in [1.54, 1.807) is 6.20 Å². The number of anilines is 2. The van der Waals surface area contributed by atoms with Crippen LogP contribution in [0.5, 0.6) is 0 Å². The molecule has 3 aliphatic rings. The highest BCUT2D eigenvalue weighted by Gasteiger charge is 2.30. The van der Waals surface area contributed by atoms with Gasteiger partial charge in [-0.1, -0.05) is 18.9 Å². The first-order valence-corrected chi connectivity index (χ1v) is 12.9. The molecule has 6 rings (SSSR count). The van der Waals surface area contributed by atoms with Gasteiger partial charge in [-0.25, -0.2) is 4.98 Å². The summed E-state index contributed by atoms with van der Waals surface area (Å²) in [5.41, 5.74) is 13.7. The Morgan fingerprint density at radius 1 is 1.00 bits per heavy atom. The van der Waals surface area contributed by atoms with Gasteiger partial charge in [0, 0.05) is 42.3 Å². The number of hydrogen-bond acceptors (Lipinski definition) is 5. The fourth-order valence-electron chi connectivity index (χ4n) is 5.54. The number of hydrogen-bond donors (Lipinski definition) is 2. The van der Waals surface area contributed by atoms with E-state index in [2.05, 4.69) is 33.4 Å². The average molecular weight is 492 g/mol. The molecule has 0 spiro atoms. The molecule has 2 aromatic heterocycles. The molecule has 3 N–H and O–H groups in total. The summed E-state index contributed by atoms with van der Waals surface area (Å²) in [7, 11) is 0. The maximum Gasteiger partial charge on any atom is 0.228 e. The predicted octanol–water partition coefficient (Wildman–Crippen LogP) is 5.26. The molecule has 1 atom stereocenters. The van der Waals surface area contributed by atoms with E-state index in [0.29, 0.717) is 5.82 Å². The first kappa shape index (κ1) is 24.0. The molecule has 1 saturated heterocycles. The smallest absolute Gasteiger partial charge is 0.228 e. The lowest BCUT2D eigenvalue weighted by Gasteiger charge is -2.27. The van der Waals surface area contributed by atoms with E-state index < -0.39 is 0 Å². The Balaban J connectivity index is 0.00000253. The van der Waals surface area contributed by atoms with Crippen LogP contribution in [0, 0.1) is 5.92 Å². The van der Waals surface area contributed by atoms with Crippen molar-refractivity contribution in [3.05, 3.63) is 47.8 Å². The molecule has 2 aliphatic carbocycles. The molecule has 0 radical (unpaired) electrons. The second-order valence-corrected chi connectivity index (χ2v) is 10.2. The van der Waals surface area contributed by atoms with Gasteiger partial charge in [0.05, 0.1) is 11.2 Å². The minimum absolute atomic E-state index is 0. The summed E-state index contributed by atoms with van der Waals surface area (Å²) in [6, 6.07) is 10.8. The zero-order valence-electron chi connectivity index (χ0n) is 20.1. The van der Waals surface area contributed by atoms with Gasteiger partial charge in [0.25, 0.3) is 0 Å². The summed E-state index contributed by atoms with van der Waals surface area (Å²) in [5.74, 6) is 0.862. The fourth-order valence-corrected chi connectivity index (χ4v) is 5.54. The lowest BCUT2D eigenvalue weighted by Crippen LogP contribution is -2.27. The molecule has 0 bridgehead atoms. The number of fused-ring (bicyclic) bond motifs is 2. The standard InChI is InChI=1S/C28H33N5O.ClH/c29-21-12-14-33(17-21)27-22-5-3-1-2-4-6-24(22)31-25-10-9-19(15-23(25)27)20-11-13-30-26(16-20)32-28(34)18-7-8-18;/h9-11,13,15-16,18,21H,1-8,12,14,17,29H2,(H,30,32,34);1H. The van der Waals surface area contributed by atoms with Crippen molar-refractivity contribution in [1.82, 2.24) is 9.97 Å². The predicted molar refractivity (Wildman–Crippen MR) is 144 cm³/mol. The highest BCUT2D eigenvalue weighted by Crippen LogP contribution is 2.38. The minimum Gasteiger partial charge on any atom is -0.369 e. The molecule has 1 unspecified atom stereocenters. The third-order valence-corrected chi connectivity index (χ3v) is 7.57. The van der Waals surface area contributed by atoms with Crippen LogP contribution in [0.25, 0.3) is 22.0 Å². The Labute approximate surface area is 213 Å². The van der Waals surface area contributed by atoms with E-state index in [1.807, 2.05) is 12.1 Å². The van der Waals surface area contributed by atoms with Crippen molar-refractivity contribution in [3.63, 3.8) is 0 Å². The number of nitrogens with two attached hydrogens (primary N) is 1. The van der Waals surface area contributed by atoms with E-state index >= 15 is 0 Å². The van der Waals surface area contributed by atoms with E-state index in [-0.39, 0.29) is 30.3 Å². The summed E-state index contributed by atoms with van der Waals surface area (Å²) in [5, 5.41) is 4.20. The Morgan fingerprint density at radius 3 is 2.57 bits per heavy atom. The van der Waals surface area contributed by atoms with Crippen LogP contribution in [0.4, 0.5) is 11.5 Å². The molecule has 35 heavy (non-hydrogen) atoms. The number of nitrogens with one attached hydrogen (secondary N) is 1. The Kier molecular flexibility index (Phi) is 6.94. The van der Waals surface area contributed by atoms with Gasteiger partial charge in [-0.05, 0) is 85.9 Å². The molecule has 7 heteroatoms. The SMILES string of the molecule is Cl.NC1CCN(c2c3c(nc4ccc(-c5ccnc(NC(=O)C6CC6)c5)cc24)CCCCCC3)C1. The fraction of sp³-hybridized carbons (Fsp3) is 0.464. The van der Waals surface area contributed by atoms with Gasteiger partial charge in [-0.15, -0.1) is 12.4 Å². The van der Waals surface area contributed by atoms with Crippen LogP contribution < -0.4 is 16.0 Å². The van der Waals surface area contributed by atoms with Crippen molar-refractivity contribution in [2.75, 3.05) is 23.3 Å². The summed E-state index contributed by atoms with van der Waals surface area (Å²) in [6.07, 6.45) is 12.0. The van der Waals surface area contributed by atoms with Crippen LogP contribution in [0.1, 0.15) is 56.2 Å². The van der Waals surface area contributed by atoms with Crippen molar-refractivity contribution < 1.29 is 4.79 Å². The van der Waals surface area contributed by atoms with Gasteiger partial charge in [0.2, 0.25) is 5.91 Å². The topological polar surface area (TPSA) is 84.1 Å². The molecule has 1 amide bonds. The van der Waals surface area contributed by atoms with Crippen molar-refractivity contribution >= 4 is 40.7 Å². The lowest BCUT2D eigenvalue weighted by atomic mass is 9.92. The number of rotatable bonds is 4. The monoisotopic (exact) mass is 491 g/mol. The highest BCUT2D eigenvalue weighted by atomic mass is 35.5. The number of halogens is 1. The summed E-state index contributed by atoms with van der Waals surface area (Å²) < 4.78 is 0. The van der Waals surface area contributed by atoms with Gasteiger partial charge in [0.1, 0.15) is 5.82 Å². The van der Waals surface area contributed by atoms with E-state index in [9.17, 15) is 4.79 Å². The van der Waals surface area contributed by atoms with Gasteiger partial charge in [0.15, 0.2) is 0 Å². The molecule has 184 valence electrons. The molecule has 2 fully saturated rings. The lowest BCUT2D eigenvalue weighted by molar-refractivity contribution is -0.117. The number of benzene rings is 1. The van der Waals surface area contributed by atoms with Crippen LogP contribution in [-0.2, 0) is 17.6 Å². The third kappa shape index (κ3) is 5.00. The molecule has 6 nitrogen and oxygen atoms in total. The van der Waals surface area contributed by atoms with Crippen molar-refractivity contribution in [2.24, 2.45) is 11.7 Å². The number of nitrogens with zero attached hydrogens (tertiary/aromatic N) is 3. The van der Waals surface area contributed by atoms with Crippen LogP contribution in [0.3, 0.4) is 0 Å². The Hall–Kier alpha value is -2.70. The zero-order chi connectivity index (χ0) is 23.1. The number of pyridine rings is 2. The first-order chi connectivity index (χ1) is 16.7. The van der Waals surface area contributed by atoms with Gasteiger partial charge >= 0.3 is 0 Å². The average Bonchev–Trinajstić information content (AvgIpc) is 3.60. The van der Waals surface area contributed by atoms with Crippen molar-refractivity contribution in [2.45, 2.75) is 63.8 Å². The quantitative estimate of drug-likeness (QED) is 0.519. The van der Waals surface area contributed by atoms with E-state index in [1.165, 1.54) is 48.0 Å².